The van der Waals surface area contributed by atoms with Crippen LogP contribution in [0.4, 0.5) is 11.4 Å². The maximum absolute atomic E-state index is 13.1. The highest BCUT2D eigenvalue weighted by atomic mass is 32.2. The largest absolute Gasteiger partial charge is 0.381 e. The van der Waals surface area contributed by atoms with Crippen LogP contribution in [0.2, 0.25) is 0 Å². The van der Waals surface area contributed by atoms with Gasteiger partial charge < -0.3 is 14.8 Å². The number of aryl methyl sites for hydroxylation is 2. The average molecular weight is 443 g/mol. The Morgan fingerprint density at radius 3 is 2.55 bits per heavy atom. The van der Waals surface area contributed by atoms with Gasteiger partial charge in [0, 0.05) is 48.7 Å². The third-order valence-corrected chi connectivity index (χ3v) is 8.47. The van der Waals surface area contributed by atoms with Crippen molar-refractivity contribution in [3.8, 4) is 0 Å². The molecule has 1 unspecified atom stereocenters. The van der Waals surface area contributed by atoms with Crippen molar-refractivity contribution < 1.29 is 17.9 Å². The van der Waals surface area contributed by atoms with E-state index >= 15 is 0 Å². The molecule has 2 aromatic carbocycles. The molecule has 166 valence electrons. The third kappa shape index (κ3) is 3.95. The molecule has 5 rings (SSSR count). The standard InChI is InChI=1S/C24H30N2O4S/c1-15-3-4-18(13-16(15)2)26-31(27,28)19-5-6-22-21(14-19)24-20(9-12-30-24)23(25-22)17-7-10-29-11-8-17/h3-6,13-14,17,20,23-26H,7-12H2,1-2H3/t20-,23-,24?/m0/s1. The summed E-state index contributed by atoms with van der Waals surface area (Å²) in [6, 6.07) is 11.3. The number of nitrogens with one attached hydrogen (secondary N) is 2. The van der Waals surface area contributed by atoms with Gasteiger partial charge in [0.25, 0.3) is 10.0 Å². The van der Waals surface area contributed by atoms with E-state index < -0.39 is 10.0 Å². The summed E-state index contributed by atoms with van der Waals surface area (Å²) in [7, 11) is -3.69. The average Bonchev–Trinajstić information content (AvgIpc) is 3.26. The lowest BCUT2D eigenvalue weighted by Crippen LogP contribution is -2.43. The van der Waals surface area contributed by atoms with Crippen molar-refractivity contribution in [2.75, 3.05) is 29.9 Å². The highest BCUT2D eigenvalue weighted by Gasteiger charge is 2.44. The van der Waals surface area contributed by atoms with E-state index in [0.29, 0.717) is 30.2 Å². The molecule has 2 N–H and O–H groups in total. The van der Waals surface area contributed by atoms with Crippen LogP contribution in [-0.4, -0.2) is 34.3 Å². The molecule has 0 saturated carbocycles. The number of sulfonamides is 1. The second-order valence-electron chi connectivity index (χ2n) is 9.02. The molecule has 0 bridgehead atoms. The van der Waals surface area contributed by atoms with Crippen LogP contribution < -0.4 is 10.0 Å². The van der Waals surface area contributed by atoms with Gasteiger partial charge in [0.05, 0.1) is 11.0 Å². The summed E-state index contributed by atoms with van der Waals surface area (Å²) in [4.78, 5) is 0.269. The SMILES string of the molecule is Cc1ccc(NS(=O)(=O)c2ccc3c(c2)C2OCC[C@H]2[C@H](C2CCOCC2)N3)cc1C. The molecular formula is C24H30N2O4S. The van der Waals surface area contributed by atoms with E-state index in [2.05, 4.69) is 10.0 Å². The van der Waals surface area contributed by atoms with Crippen molar-refractivity contribution in [1.29, 1.82) is 0 Å². The zero-order valence-electron chi connectivity index (χ0n) is 18.1. The molecule has 6 nitrogen and oxygen atoms in total. The first-order chi connectivity index (χ1) is 14.9. The first kappa shape index (κ1) is 20.8. The lowest BCUT2D eigenvalue weighted by molar-refractivity contribution is 0.0360. The molecular weight excluding hydrogens is 412 g/mol. The highest BCUT2D eigenvalue weighted by molar-refractivity contribution is 7.92. The van der Waals surface area contributed by atoms with Crippen LogP contribution in [0.1, 0.15) is 42.1 Å². The summed E-state index contributed by atoms with van der Waals surface area (Å²) < 4.78 is 40.6. The first-order valence-corrected chi connectivity index (χ1v) is 12.6. The summed E-state index contributed by atoms with van der Waals surface area (Å²) in [5, 5.41) is 3.73. The van der Waals surface area contributed by atoms with Crippen LogP contribution in [0.15, 0.2) is 41.3 Å². The zero-order valence-corrected chi connectivity index (χ0v) is 18.9. The van der Waals surface area contributed by atoms with Gasteiger partial charge >= 0.3 is 0 Å². The third-order valence-electron chi connectivity index (χ3n) is 7.09. The number of fused-ring (bicyclic) bond motifs is 3. The Balaban J connectivity index is 1.43. The minimum Gasteiger partial charge on any atom is -0.381 e. The topological polar surface area (TPSA) is 76.7 Å². The fourth-order valence-corrected chi connectivity index (χ4v) is 6.30. The normalized spacial score (nSPS) is 26.1. The van der Waals surface area contributed by atoms with Gasteiger partial charge in [-0.3, -0.25) is 4.72 Å². The molecule has 3 atom stereocenters. The molecule has 3 aliphatic heterocycles. The fraction of sp³-hybridized carbons (Fsp3) is 0.500. The van der Waals surface area contributed by atoms with E-state index in [9.17, 15) is 8.42 Å². The number of hydrogen-bond acceptors (Lipinski definition) is 5. The van der Waals surface area contributed by atoms with Crippen LogP contribution >= 0.6 is 0 Å². The Bertz CT molecular complexity index is 1080. The Labute approximate surface area is 184 Å². The Morgan fingerprint density at radius 2 is 1.77 bits per heavy atom. The number of hydrogen-bond donors (Lipinski definition) is 2. The van der Waals surface area contributed by atoms with E-state index in [4.69, 9.17) is 9.47 Å². The predicted molar refractivity (Wildman–Crippen MR) is 121 cm³/mol. The van der Waals surface area contributed by atoms with Gasteiger partial charge in [0.2, 0.25) is 0 Å². The van der Waals surface area contributed by atoms with Gasteiger partial charge in [-0.1, -0.05) is 6.07 Å². The maximum atomic E-state index is 13.1. The molecule has 0 aliphatic carbocycles. The van der Waals surface area contributed by atoms with E-state index in [1.807, 2.05) is 32.0 Å². The second-order valence-corrected chi connectivity index (χ2v) is 10.7. The van der Waals surface area contributed by atoms with E-state index in [1.165, 1.54) is 0 Å². The molecule has 2 aromatic rings. The monoisotopic (exact) mass is 442 g/mol. The van der Waals surface area contributed by atoms with Crippen LogP contribution in [0.25, 0.3) is 0 Å². The zero-order chi connectivity index (χ0) is 21.6. The van der Waals surface area contributed by atoms with Gasteiger partial charge in [-0.2, -0.15) is 0 Å². The lowest BCUT2D eigenvalue weighted by Gasteiger charge is -2.41. The smallest absolute Gasteiger partial charge is 0.261 e. The highest BCUT2D eigenvalue weighted by Crippen LogP contribution is 2.48. The van der Waals surface area contributed by atoms with Crippen molar-refractivity contribution in [3.63, 3.8) is 0 Å². The summed E-state index contributed by atoms with van der Waals surface area (Å²) in [5.74, 6) is 0.923. The Kier molecular flexibility index (Phi) is 5.44. The number of rotatable bonds is 4. The molecule has 0 spiro atoms. The predicted octanol–water partition coefficient (Wildman–Crippen LogP) is 4.40. The molecule has 0 radical (unpaired) electrons. The minimum absolute atomic E-state index is 0.0548. The van der Waals surface area contributed by atoms with Gasteiger partial charge in [0.1, 0.15) is 0 Å². The van der Waals surface area contributed by atoms with Crippen molar-refractivity contribution in [3.05, 3.63) is 53.1 Å². The molecule has 2 saturated heterocycles. The minimum atomic E-state index is -3.69. The van der Waals surface area contributed by atoms with Crippen molar-refractivity contribution >= 4 is 21.4 Å². The van der Waals surface area contributed by atoms with E-state index in [1.54, 1.807) is 18.2 Å². The van der Waals surface area contributed by atoms with Crippen LogP contribution in [0.5, 0.6) is 0 Å². The number of ether oxygens (including phenoxy) is 2. The summed E-state index contributed by atoms with van der Waals surface area (Å²) in [6.07, 6.45) is 3.06. The molecule has 3 aliphatic rings. The molecule has 7 heteroatoms. The Morgan fingerprint density at radius 1 is 0.968 bits per heavy atom. The molecule has 31 heavy (non-hydrogen) atoms. The fourth-order valence-electron chi connectivity index (χ4n) is 5.22. The molecule has 2 fully saturated rings. The summed E-state index contributed by atoms with van der Waals surface area (Å²) in [5.41, 5.74) is 4.70. The summed E-state index contributed by atoms with van der Waals surface area (Å²) in [6.45, 7) is 6.33. The van der Waals surface area contributed by atoms with Crippen molar-refractivity contribution in [1.82, 2.24) is 0 Å². The first-order valence-electron chi connectivity index (χ1n) is 11.1. The van der Waals surface area contributed by atoms with Crippen LogP contribution in [0.3, 0.4) is 0 Å². The number of benzene rings is 2. The molecule has 0 amide bonds. The van der Waals surface area contributed by atoms with Crippen molar-refractivity contribution in [2.24, 2.45) is 11.8 Å². The van der Waals surface area contributed by atoms with E-state index in [-0.39, 0.29) is 11.0 Å². The summed E-state index contributed by atoms with van der Waals surface area (Å²) >= 11 is 0. The second kappa shape index (κ2) is 8.11. The lowest BCUT2D eigenvalue weighted by atomic mass is 9.76. The Hall–Kier alpha value is -2.09. The van der Waals surface area contributed by atoms with Gasteiger partial charge in [-0.25, -0.2) is 8.42 Å². The quantitative estimate of drug-likeness (QED) is 0.734. The van der Waals surface area contributed by atoms with Crippen LogP contribution in [0, 0.1) is 25.7 Å². The van der Waals surface area contributed by atoms with Gasteiger partial charge in [0.15, 0.2) is 0 Å². The van der Waals surface area contributed by atoms with Crippen molar-refractivity contribution in [2.45, 2.75) is 50.2 Å². The number of anilines is 2. The molecule has 3 heterocycles. The maximum Gasteiger partial charge on any atom is 0.261 e. The van der Waals surface area contributed by atoms with E-state index in [0.717, 1.165) is 54.9 Å². The van der Waals surface area contributed by atoms with Gasteiger partial charge in [-0.05, 0) is 80.5 Å². The van der Waals surface area contributed by atoms with Gasteiger partial charge in [-0.15, -0.1) is 0 Å². The van der Waals surface area contributed by atoms with Crippen LogP contribution in [-0.2, 0) is 19.5 Å². The molecule has 0 aromatic heterocycles.